The van der Waals surface area contributed by atoms with Crippen LogP contribution in [0.4, 0.5) is 17.1 Å². The van der Waals surface area contributed by atoms with Crippen molar-refractivity contribution < 1.29 is 0 Å². The molecule has 0 aromatic heterocycles. The fourth-order valence-corrected chi connectivity index (χ4v) is 15.2. The lowest BCUT2D eigenvalue weighted by molar-refractivity contribution is 0.722. The number of nitrogens with zero attached hydrogens (tertiary/aromatic N) is 1. The maximum absolute atomic E-state index is 2.60. The predicted molar refractivity (Wildman–Crippen MR) is 287 cm³/mol. The van der Waals surface area contributed by atoms with Crippen molar-refractivity contribution in [2.45, 2.75) is 30.4 Å². The molecule has 0 radical (unpaired) electrons. The first-order chi connectivity index (χ1) is 34.2. The van der Waals surface area contributed by atoms with Gasteiger partial charge in [-0.2, -0.15) is 0 Å². The second kappa shape index (κ2) is 14.8. The molecule has 2 heterocycles. The Kier molecular flexibility index (Phi) is 8.43. The van der Waals surface area contributed by atoms with E-state index >= 15 is 0 Å². The quantitative estimate of drug-likeness (QED) is 0.173. The van der Waals surface area contributed by atoms with Gasteiger partial charge in [0, 0.05) is 36.2 Å². The standard InChI is InChI=1S/C66H41NS2/c1-2-19-42(20-3-1)44-39-40-58(48-23-5-4-21-45(44)48)67(43-37-38-47-46-22-6-8-25-50(46)66(57(47)41-43)54-29-12-16-35-62(54)69-63-36-17-13-30-55(63)66)59-32-18-31-56-64(59)49-24-7-9-26-51(49)65(56)52-27-10-14-33-60(52)68-61-34-15-11-28-53(61)65/h1-41H. The molecule has 0 saturated carbocycles. The van der Waals surface area contributed by atoms with Crippen LogP contribution < -0.4 is 4.90 Å². The number of anilines is 3. The summed E-state index contributed by atoms with van der Waals surface area (Å²) in [6.07, 6.45) is 0. The molecule has 1 nitrogen and oxygen atoms in total. The zero-order valence-electron chi connectivity index (χ0n) is 37.4. The molecule has 15 rings (SSSR count). The number of hydrogen-bond donors (Lipinski definition) is 0. The molecular weight excluding hydrogens is 871 g/mol. The van der Waals surface area contributed by atoms with Crippen molar-refractivity contribution in [3.05, 3.63) is 293 Å². The zero-order chi connectivity index (χ0) is 45.3. The fourth-order valence-electron chi connectivity index (χ4n) is 12.8. The van der Waals surface area contributed by atoms with Gasteiger partial charge in [-0.15, -0.1) is 0 Å². The molecule has 0 fully saturated rings. The number of fused-ring (bicyclic) bond motifs is 19. The Labute approximate surface area is 410 Å². The zero-order valence-corrected chi connectivity index (χ0v) is 39.1. The minimum Gasteiger partial charge on any atom is -0.309 e. The molecule has 69 heavy (non-hydrogen) atoms. The summed E-state index contributed by atoms with van der Waals surface area (Å²) in [5.41, 5.74) is 20.6. The normalized spacial score (nSPS) is 14.5. The topological polar surface area (TPSA) is 3.24 Å². The molecule has 11 aromatic carbocycles. The lowest BCUT2D eigenvalue weighted by atomic mass is 9.67. The van der Waals surface area contributed by atoms with Gasteiger partial charge in [-0.25, -0.2) is 0 Å². The summed E-state index contributed by atoms with van der Waals surface area (Å²) in [6, 6.07) is 93.9. The van der Waals surface area contributed by atoms with Gasteiger partial charge in [0.05, 0.1) is 22.2 Å². The van der Waals surface area contributed by atoms with Crippen molar-refractivity contribution in [1.29, 1.82) is 0 Å². The van der Waals surface area contributed by atoms with Gasteiger partial charge in [-0.05, 0) is 126 Å². The second-order valence-corrected chi connectivity index (χ2v) is 20.8. The summed E-state index contributed by atoms with van der Waals surface area (Å²) < 4.78 is 0. The maximum Gasteiger partial charge on any atom is 0.0736 e. The van der Waals surface area contributed by atoms with Crippen LogP contribution in [0.25, 0.3) is 44.2 Å². The van der Waals surface area contributed by atoms with Gasteiger partial charge in [0.15, 0.2) is 0 Å². The van der Waals surface area contributed by atoms with Crippen molar-refractivity contribution in [1.82, 2.24) is 0 Å². The largest absolute Gasteiger partial charge is 0.309 e. The lowest BCUT2D eigenvalue weighted by Gasteiger charge is -2.40. The first kappa shape index (κ1) is 39.2. The van der Waals surface area contributed by atoms with E-state index < -0.39 is 10.8 Å². The predicted octanol–water partition coefficient (Wildman–Crippen LogP) is 17.6. The highest BCUT2D eigenvalue weighted by atomic mass is 32.2. The summed E-state index contributed by atoms with van der Waals surface area (Å²) in [5, 5.41) is 2.42. The van der Waals surface area contributed by atoms with Crippen LogP contribution >= 0.6 is 23.5 Å². The van der Waals surface area contributed by atoms with E-state index in [4.69, 9.17) is 0 Å². The van der Waals surface area contributed by atoms with E-state index in [9.17, 15) is 0 Å². The van der Waals surface area contributed by atoms with Gasteiger partial charge in [0.25, 0.3) is 0 Å². The Bertz CT molecular complexity index is 3850. The van der Waals surface area contributed by atoms with Crippen molar-refractivity contribution >= 4 is 51.4 Å². The Morgan fingerprint density at radius 1 is 0.275 bits per heavy atom. The molecular formula is C66H41NS2. The first-order valence-electron chi connectivity index (χ1n) is 23.8. The molecule has 0 saturated heterocycles. The molecule has 3 heteroatoms. The molecule has 0 bridgehead atoms. The van der Waals surface area contributed by atoms with E-state index in [1.807, 2.05) is 23.5 Å². The van der Waals surface area contributed by atoms with Crippen LogP contribution in [0, 0.1) is 0 Å². The van der Waals surface area contributed by atoms with Crippen LogP contribution in [0.2, 0.25) is 0 Å². The molecule has 0 N–H and O–H groups in total. The molecule has 0 unspecified atom stereocenters. The Hall–Kier alpha value is -7.82. The highest BCUT2D eigenvalue weighted by Crippen LogP contribution is 2.66. The molecule has 2 aliphatic carbocycles. The minimum atomic E-state index is -0.520. The third kappa shape index (κ3) is 5.24. The van der Waals surface area contributed by atoms with Gasteiger partial charge in [-0.1, -0.05) is 224 Å². The first-order valence-corrected chi connectivity index (χ1v) is 25.5. The number of benzene rings is 11. The summed E-state index contributed by atoms with van der Waals surface area (Å²) in [4.78, 5) is 7.82. The van der Waals surface area contributed by atoms with E-state index in [0.717, 1.165) is 17.1 Å². The molecule has 2 aliphatic heterocycles. The minimum absolute atomic E-state index is 0.512. The van der Waals surface area contributed by atoms with Crippen LogP contribution in [0.3, 0.4) is 0 Å². The monoisotopic (exact) mass is 911 g/mol. The van der Waals surface area contributed by atoms with Crippen LogP contribution in [-0.4, -0.2) is 0 Å². The van der Waals surface area contributed by atoms with Gasteiger partial charge in [-0.3, -0.25) is 0 Å². The summed E-state index contributed by atoms with van der Waals surface area (Å²) in [5.74, 6) is 0. The average molecular weight is 912 g/mol. The van der Waals surface area contributed by atoms with E-state index in [1.165, 1.54) is 108 Å². The van der Waals surface area contributed by atoms with Crippen LogP contribution in [-0.2, 0) is 10.8 Å². The highest BCUT2D eigenvalue weighted by Gasteiger charge is 2.53. The summed E-state index contributed by atoms with van der Waals surface area (Å²) in [7, 11) is 0. The van der Waals surface area contributed by atoms with Gasteiger partial charge < -0.3 is 4.90 Å². The van der Waals surface area contributed by atoms with Crippen molar-refractivity contribution in [2.75, 3.05) is 4.90 Å². The van der Waals surface area contributed by atoms with E-state index in [1.54, 1.807) is 0 Å². The Morgan fingerprint density at radius 3 is 1.35 bits per heavy atom. The van der Waals surface area contributed by atoms with Crippen LogP contribution in [0.15, 0.2) is 268 Å². The maximum atomic E-state index is 2.60. The smallest absolute Gasteiger partial charge is 0.0736 e. The van der Waals surface area contributed by atoms with Crippen molar-refractivity contribution in [3.8, 4) is 33.4 Å². The number of hydrogen-bond acceptors (Lipinski definition) is 3. The van der Waals surface area contributed by atoms with E-state index in [0.29, 0.717) is 0 Å². The lowest BCUT2D eigenvalue weighted by Crippen LogP contribution is -2.32. The second-order valence-electron chi connectivity index (χ2n) is 18.6. The summed E-state index contributed by atoms with van der Waals surface area (Å²) in [6.45, 7) is 0. The van der Waals surface area contributed by atoms with Crippen LogP contribution in [0.5, 0.6) is 0 Å². The SMILES string of the molecule is c1ccc(-c2ccc(N(c3ccc4c(c3)C3(c5ccccc5Sc5ccccc53)c3ccccc3-4)c3cccc4c3-c3ccccc3C43c4ccccc4Sc4ccccc43)c3ccccc23)cc1. The average Bonchev–Trinajstić information content (AvgIpc) is 3.87. The highest BCUT2D eigenvalue weighted by molar-refractivity contribution is 7.99. The third-order valence-electron chi connectivity index (χ3n) is 15.4. The van der Waals surface area contributed by atoms with Gasteiger partial charge >= 0.3 is 0 Å². The molecule has 4 aliphatic rings. The van der Waals surface area contributed by atoms with Crippen LogP contribution in [0.1, 0.15) is 44.5 Å². The molecule has 11 aromatic rings. The summed E-state index contributed by atoms with van der Waals surface area (Å²) >= 11 is 3.79. The molecule has 0 amide bonds. The van der Waals surface area contributed by atoms with Gasteiger partial charge in [0.1, 0.15) is 0 Å². The van der Waals surface area contributed by atoms with Gasteiger partial charge in [0.2, 0.25) is 0 Å². The molecule has 2 spiro atoms. The van der Waals surface area contributed by atoms with E-state index in [-0.39, 0.29) is 0 Å². The third-order valence-corrected chi connectivity index (χ3v) is 17.7. The Morgan fingerprint density at radius 2 is 0.725 bits per heavy atom. The van der Waals surface area contributed by atoms with Crippen molar-refractivity contribution in [2.24, 2.45) is 0 Å². The Balaban J connectivity index is 1.06. The van der Waals surface area contributed by atoms with E-state index in [2.05, 4.69) is 254 Å². The molecule has 322 valence electrons. The number of rotatable bonds is 4. The van der Waals surface area contributed by atoms with Crippen molar-refractivity contribution in [3.63, 3.8) is 0 Å². The fraction of sp³-hybridized carbons (Fsp3) is 0.0303. The molecule has 0 atom stereocenters.